The van der Waals surface area contributed by atoms with Crippen LogP contribution in [0.3, 0.4) is 0 Å². The zero-order chi connectivity index (χ0) is 13.8. The van der Waals surface area contributed by atoms with Gasteiger partial charge in [0.15, 0.2) is 0 Å². The molecule has 6 nitrogen and oxygen atoms in total. The first-order chi connectivity index (χ1) is 8.33. The summed E-state index contributed by atoms with van der Waals surface area (Å²) >= 11 is 0. The number of rotatable bonds is 6. The van der Waals surface area contributed by atoms with Crippen LogP contribution in [0.2, 0.25) is 0 Å². The number of carbonyl (C=O) groups is 2. The van der Waals surface area contributed by atoms with Crippen LogP contribution in [0, 0.1) is 5.41 Å². The molecule has 18 heavy (non-hydrogen) atoms. The van der Waals surface area contributed by atoms with Crippen LogP contribution in [-0.2, 0) is 9.59 Å². The van der Waals surface area contributed by atoms with Crippen LogP contribution >= 0.6 is 0 Å². The van der Waals surface area contributed by atoms with E-state index in [1.165, 1.54) is 0 Å². The van der Waals surface area contributed by atoms with Gasteiger partial charge in [0.2, 0.25) is 5.91 Å². The van der Waals surface area contributed by atoms with Crippen molar-refractivity contribution >= 4 is 11.9 Å². The van der Waals surface area contributed by atoms with Crippen molar-refractivity contribution in [1.82, 2.24) is 10.2 Å². The van der Waals surface area contributed by atoms with Crippen molar-refractivity contribution in [3.05, 3.63) is 0 Å². The number of primary amides is 1. The van der Waals surface area contributed by atoms with Crippen molar-refractivity contribution in [3.8, 4) is 0 Å². The highest BCUT2D eigenvalue weighted by molar-refractivity contribution is 5.76. The quantitative estimate of drug-likeness (QED) is 0.604. The molecule has 0 aromatic rings. The number of carboxylic acid groups (broad SMARTS) is 1. The van der Waals surface area contributed by atoms with Gasteiger partial charge in [-0.25, -0.2) is 0 Å². The highest BCUT2D eigenvalue weighted by atomic mass is 16.4. The Balaban J connectivity index is 2.71. The Morgan fingerprint density at radius 3 is 2.39 bits per heavy atom. The van der Waals surface area contributed by atoms with Crippen LogP contribution in [0.5, 0.6) is 0 Å². The lowest BCUT2D eigenvalue weighted by Crippen LogP contribution is -2.51. The summed E-state index contributed by atoms with van der Waals surface area (Å²) in [7, 11) is 0. The summed E-state index contributed by atoms with van der Waals surface area (Å²) in [5.41, 5.74) is 4.38. The van der Waals surface area contributed by atoms with Gasteiger partial charge in [-0.2, -0.15) is 0 Å². The maximum atomic E-state index is 11.2. The molecule has 0 unspecified atom stereocenters. The van der Waals surface area contributed by atoms with E-state index in [4.69, 9.17) is 10.8 Å². The summed E-state index contributed by atoms with van der Waals surface area (Å²) in [5, 5.41) is 12.4. The van der Waals surface area contributed by atoms with E-state index in [1.54, 1.807) is 13.8 Å². The lowest BCUT2D eigenvalue weighted by atomic mass is 9.91. The molecule has 1 saturated heterocycles. The van der Waals surface area contributed by atoms with Gasteiger partial charge in [-0.05, 0) is 39.8 Å². The Morgan fingerprint density at radius 2 is 1.94 bits per heavy atom. The zero-order valence-corrected chi connectivity index (χ0v) is 11.1. The summed E-state index contributed by atoms with van der Waals surface area (Å²) < 4.78 is 0. The lowest BCUT2D eigenvalue weighted by molar-refractivity contribution is -0.148. The molecule has 1 aliphatic rings. The van der Waals surface area contributed by atoms with Crippen LogP contribution in [0.1, 0.15) is 26.7 Å². The van der Waals surface area contributed by atoms with Gasteiger partial charge in [-0.15, -0.1) is 0 Å². The minimum atomic E-state index is -0.875. The molecule has 0 atom stereocenters. The van der Waals surface area contributed by atoms with Crippen molar-refractivity contribution in [2.24, 2.45) is 11.1 Å². The fourth-order valence-electron chi connectivity index (χ4n) is 2.26. The summed E-state index contributed by atoms with van der Waals surface area (Å²) in [4.78, 5) is 24.2. The van der Waals surface area contributed by atoms with Crippen LogP contribution in [0.15, 0.2) is 0 Å². The van der Waals surface area contributed by atoms with Crippen LogP contribution < -0.4 is 11.1 Å². The average Bonchev–Trinajstić information content (AvgIpc) is 2.28. The number of nitrogens with one attached hydrogen (secondary N) is 1. The molecule has 0 radical (unpaired) electrons. The van der Waals surface area contributed by atoms with E-state index in [2.05, 4.69) is 5.32 Å². The highest BCUT2D eigenvalue weighted by Crippen LogP contribution is 2.21. The van der Waals surface area contributed by atoms with E-state index < -0.39 is 17.3 Å². The molecule has 0 bridgehead atoms. The third-order valence-corrected chi connectivity index (χ3v) is 3.36. The summed E-state index contributed by atoms with van der Waals surface area (Å²) in [6.45, 7) is 5.60. The van der Waals surface area contributed by atoms with Gasteiger partial charge in [0, 0.05) is 12.6 Å². The Morgan fingerprint density at radius 1 is 1.39 bits per heavy atom. The number of nitrogens with two attached hydrogens (primary N) is 1. The Hall–Kier alpha value is -1.14. The van der Waals surface area contributed by atoms with Crippen LogP contribution in [0.25, 0.3) is 0 Å². The molecule has 0 aromatic carbocycles. The molecule has 0 aliphatic carbocycles. The predicted octanol–water partition coefficient (Wildman–Crippen LogP) is -0.363. The molecular weight excluding hydrogens is 234 g/mol. The summed E-state index contributed by atoms with van der Waals surface area (Å²) in [6.07, 6.45) is 1.84. The Kier molecular flexibility index (Phi) is 5.10. The third kappa shape index (κ3) is 4.27. The molecule has 1 heterocycles. The number of hydrogen-bond acceptors (Lipinski definition) is 4. The molecule has 4 N–H and O–H groups in total. The maximum Gasteiger partial charge on any atom is 0.310 e. The maximum absolute atomic E-state index is 11.2. The van der Waals surface area contributed by atoms with Crippen LogP contribution in [-0.4, -0.2) is 54.1 Å². The number of piperidine rings is 1. The Labute approximate surface area is 108 Å². The highest BCUT2D eigenvalue weighted by Gasteiger charge is 2.33. The number of nitrogens with zero attached hydrogens (tertiary/aromatic N) is 1. The standard InChI is InChI=1S/C12H23N3O3/c1-12(2,11(17)18)8-15(7-10(13)16)9-3-5-14-6-4-9/h9,14H,3-8H2,1-2H3,(H2,13,16)(H,17,18). The van der Waals surface area contributed by atoms with E-state index in [9.17, 15) is 9.59 Å². The smallest absolute Gasteiger partial charge is 0.310 e. The second-order valence-electron chi connectivity index (χ2n) is 5.54. The Bertz CT molecular complexity index is 312. The minimum absolute atomic E-state index is 0.126. The number of aliphatic carboxylic acids is 1. The first-order valence-electron chi connectivity index (χ1n) is 6.29. The van der Waals surface area contributed by atoms with Crippen LogP contribution in [0.4, 0.5) is 0 Å². The number of carboxylic acids is 1. The average molecular weight is 257 g/mol. The van der Waals surface area contributed by atoms with Gasteiger partial charge in [0.1, 0.15) is 0 Å². The van der Waals surface area contributed by atoms with Gasteiger partial charge in [-0.1, -0.05) is 0 Å². The van der Waals surface area contributed by atoms with Crippen molar-refractivity contribution in [2.75, 3.05) is 26.2 Å². The van der Waals surface area contributed by atoms with Gasteiger partial charge in [-0.3, -0.25) is 14.5 Å². The molecule has 1 aliphatic heterocycles. The van der Waals surface area contributed by atoms with E-state index >= 15 is 0 Å². The molecule has 1 fully saturated rings. The molecule has 6 heteroatoms. The third-order valence-electron chi connectivity index (χ3n) is 3.36. The second-order valence-corrected chi connectivity index (χ2v) is 5.54. The molecule has 0 aromatic heterocycles. The van der Waals surface area contributed by atoms with Crippen molar-refractivity contribution in [1.29, 1.82) is 0 Å². The molecular formula is C12H23N3O3. The first-order valence-corrected chi connectivity index (χ1v) is 6.29. The van der Waals surface area contributed by atoms with E-state index in [-0.39, 0.29) is 12.6 Å². The normalized spacial score (nSPS) is 17.9. The molecule has 1 amide bonds. The van der Waals surface area contributed by atoms with Gasteiger partial charge < -0.3 is 16.2 Å². The van der Waals surface area contributed by atoms with Gasteiger partial charge in [0.25, 0.3) is 0 Å². The summed E-state index contributed by atoms with van der Waals surface area (Å²) in [5.74, 6) is -1.26. The van der Waals surface area contributed by atoms with E-state index in [0.717, 1.165) is 25.9 Å². The first kappa shape index (κ1) is 14.9. The zero-order valence-electron chi connectivity index (χ0n) is 11.1. The SMILES string of the molecule is CC(C)(CN(CC(N)=O)C1CCNCC1)C(=O)O. The molecule has 0 saturated carbocycles. The number of hydrogen-bond donors (Lipinski definition) is 3. The fraction of sp³-hybridized carbons (Fsp3) is 0.833. The number of amides is 1. The fourth-order valence-corrected chi connectivity index (χ4v) is 2.26. The minimum Gasteiger partial charge on any atom is -0.481 e. The molecule has 1 rings (SSSR count). The molecule has 104 valence electrons. The monoisotopic (exact) mass is 257 g/mol. The van der Waals surface area contributed by atoms with Gasteiger partial charge >= 0.3 is 5.97 Å². The predicted molar refractivity (Wildman–Crippen MR) is 68.1 cm³/mol. The topological polar surface area (TPSA) is 95.7 Å². The van der Waals surface area contributed by atoms with E-state index in [1.807, 2.05) is 4.90 Å². The van der Waals surface area contributed by atoms with E-state index in [0.29, 0.717) is 6.54 Å². The lowest BCUT2D eigenvalue weighted by Gasteiger charge is -2.37. The number of carbonyl (C=O) groups excluding carboxylic acids is 1. The molecule has 0 spiro atoms. The van der Waals surface area contributed by atoms with Gasteiger partial charge in [0.05, 0.1) is 12.0 Å². The largest absolute Gasteiger partial charge is 0.481 e. The van der Waals surface area contributed by atoms with Crippen molar-refractivity contribution < 1.29 is 14.7 Å². The summed E-state index contributed by atoms with van der Waals surface area (Å²) in [6, 6.07) is 0.234. The van der Waals surface area contributed by atoms with Crippen molar-refractivity contribution in [2.45, 2.75) is 32.7 Å². The second kappa shape index (κ2) is 6.15. The van der Waals surface area contributed by atoms with Crippen molar-refractivity contribution in [3.63, 3.8) is 0 Å².